The molecule has 0 spiro atoms. The molecule has 0 aliphatic carbocycles. The lowest BCUT2D eigenvalue weighted by atomic mass is 9.92. The van der Waals surface area contributed by atoms with Gasteiger partial charge in [0.05, 0.1) is 6.54 Å². The molecule has 1 aromatic heterocycles. The van der Waals surface area contributed by atoms with E-state index in [-0.39, 0.29) is 24.2 Å². The first kappa shape index (κ1) is 21.6. The van der Waals surface area contributed by atoms with E-state index in [1.54, 1.807) is 0 Å². The number of nitrogens with zero attached hydrogens (tertiary/aromatic N) is 2. The summed E-state index contributed by atoms with van der Waals surface area (Å²) in [5.41, 5.74) is 9.60. The summed E-state index contributed by atoms with van der Waals surface area (Å²) in [7, 11) is 0. The second-order valence-corrected chi connectivity index (χ2v) is 6.66. The maximum atomic E-state index is 12.5. The molecule has 0 saturated heterocycles. The van der Waals surface area contributed by atoms with E-state index < -0.39 is 0 Å². The number of benzene rings is 2. The van der Waals surface area contributed by atoms with E-state index in [0.29, 0.717) is 24.6 Å². The topological polar surface area (TPSA) is 96.7 Å². The Labute approximate surface area is 171 Å². The smallest absolute Gasteiger partial charge is 0.224 e. The molecule has 6 nitrogen and oxygen atoms in total. The van der Waals surface area contributed by atoms with Crippen molar-refractivity contribution in [3.05, 3.63) is 65.5 Å². The maximum absolute atomic E-state index is 12.5. The van der Waals surface area contributed by atoms with Gasteiger partial charge in [0.2, 0.25) is 5.91 Å². The van der Waals surface area contributed by atoms with Gasteiger partial charge in [-0.15, -0.1) is 12.4 Å². The normalized spacial score (nSPS) is 11.5. The molecule has 1 atom stereocenters. The van der Waals surface area contributed by atoms with Crippen LogP contribution in [0.3, 0.4) is 0 Å². The molecule has 0 radical (unpaired) electrons. The van der Waals surface area contributed by atoms with Crippen LogP contribution in [0.25, 0.3) is 11.4 Å². The van der Waals surface area contributed by atoms with E-state index in [1.165, 1.54) is 11.1 Å². The highest BCUT2D eigenvalue weighted by Crippen LogP contribution is 2.25. The van der Waals surface area contributed by atoms with E-state index >= 15 is 0 Å². The van der Waals surface area contributed by atoms with Crippen molar-refractivity contribution in [2.24, 2.45) is 5.73 Å². The van der Waals surface area contributed by atoms with Crippen LogP contribution in [0.1, 0.15) is 42.6 Å². The number of aryl methyl sites for hydroxylation is 1. The molecule has 0 fully saturated rings. The zero-order valence-corrected chi connectivity index (χ0v) is 16.9. The number of hydrogen-bond acceptors (Lipinski definition) is 4. The number of hydrogen-bond donors (Lipinski definition) is 3. The molecule has 28 heavy (non-hydrogen) atoms. The van der Waals surface area contributed by atoms with Gasteiger partial charge in [-0.2, -0.15) is 5.10 Å². The van der Waals surface area contributed by atoms with Crippen LogP contribution in [-0.2, 0) is 11.3 Å². The van der Waals surface area contributed by atoms with Crippen LogP contribution in [0.4, 0.5) is 5.69 Å². The molecule has 1 heterocycles. The number of halogens is 1. The van der Waals surface area contributed by atoms with Crippen molar-refractivity contribution < 1.29 is 4.79 Å². The predicted molar refractivity (Wildman–Crippen MR) is 114 cm³/mol. The van der Waals surface area contributed by atoms with Gasteiger partial charge < -0.3 is 11.1 Å². The van der Waals surface area contributed by atoms with E-state index in [9.17, 15) is 4.79 Å². The minimum absolute atomic E-state index is 0. The lowest BCUT2D eigenvalue weighted by Gasteiger charge is -2.15. The SMILES string of the molecule is CCC(CC(=O)Nc1ccc(-c2n[nH]c(CN)n2)cc1)c1ccc(C)cc1.Cl. The predicted octanol–water partition coefficient (Wildman–Crippen LogP) is 4.18. The van der Waals surface area contributed by atoms with Crippen LogP contribution < -0.4 is 11.1 Å². The quantitative estimate of drug-likeness (QED) is 0.555. The average molecular weight is 400 g/mol. The highest BCUT2D eigenvalue weighted by atomic mass is 35.5. The zero-order chi connectivity index (χ0) is 19.2. The summed E-state index contributed by atoms with van der Waals surface area (Å²) in [6, 6.07) is 15.9. The maximum Gasteiger partial charge on any atom is 0.224 e. The Morgan fingerprint density at radius 2 is 1.82 bits per heavy atom. The van der Waals surface area contributed by atoms with Gasteiger partial charge in [0.25, 0.3) is 0 Å². The van der Waals surface area contributed by atoms with Crippen molar-refractivity contribution in [3.63, 3.8) is 0 Å². The molecule has 1 unspecified atom stereocenters. The number of carbonyl (C=O) groups excluding carboxylic acids is 1. The van der Waals surface area contributed by atoms with Crippen LogP contribution in [-0.4, -0.2) is 21.1 Å². The number of aromatic nitrogens is 3. The molecule has 0 bridgehead atoms. The molecular formula is C21H26ClN5O. The highest BCUT2D eigenvalue weighted by molar-refractivity contribution is 5.91. The average Bonchev–Trinajstić information content (AvgIpc) is 3.17. The van der Waals surface area contributed by atoms with E-state index in [2.05, 4.69) is 58.6 Å². The minimum Gasteiger partial charge on any atom is -0.326 e. The molecule has 0 aliphatic heterocycles. The van der Waals surface area contributed by atoms with Crippen molar-refractivity contribution in [3.8, 4) is 11.4 Å². The zero-order valence-electron chi connectivity index (χ0n) is 16.1. The second kappa shape index (κ2) is 10.0. The largest absolute Gasteiger partial charge is 0.326 e. The molecule has 0 saturated carbocycles. The van der Waals surface area contributed by atoms with Crippen LogP contribution in [0, 0.1) is 6.92 Å². The first-order chi connectivity index (χ1) is 13.1. The van der Waals surface area contributed by atoms with Gasteiger partial charge in [-0.1, -0.05) is 36.8 Å². The molecule has 0 aliphatic rings. The third kappa shape index (κ3) is 5.41. The number of carbonyl (C=O) groups is 1. The lowest BCUT2D eigenvalue weighted by Crippen LogP contribution is -2.15. The van der Waals surface area contributed by atoms with Gasteiger partial charge in [-0.25, -0.2) is 4.98 Å². The summed E-state index contributed by atoms with van der Waals surface area (Å²) in [6.07, 6.45) is 1.38. The standard InChI is InChI=1S/C21H25N5O.ClH/c1-3-15(16-6-4-14(2)5-7-16)12-20(27)23-18-10-8-17(9-11-18)21-24-19(13-22)25-26-21;/h4-11,15H,3,12-13,22H2,1-2H3,(H,23,27)(H,24,25,26);1H. The summed E-state index contributed by atoms with van der Waals surface area (Å²) in [5.74, 6) is 1.47. The van der Waals surface area contributed by atoms with Crippen molar-refractivity contribution in [2.75, 3.05) is 5.32 Å². The summed E-state index contributed by atoms with van der Waals surface area (Å²) in [4.78, 5) is 16.8. The number of rotatable bonds is 7. The fourth-order valence-electron chi connectivity index (χ4n) is 2.99. The minimum atomic E-state index is 0. The Kier molecular flexibility index (Phi) is 7.72. The number of H-pyrrole nitrogens is 1. The number of nitrogens with one attached hydrogen (secondary N) is 2. The number of aromatic amines is 1. The highest BCUT2D eigenvalue weighted by Gasteiger charge is 2.14. The van der Waals surface area contributed by atoms with Gasteiger partial charge in [0.15, 0.2) is 5.82 Å². The molecule has 148 valence electrons. The van der Waals surface area contributed by atoms with Crippen LogP contribution >= 0.6 is 12.4 Å². The Balaban J connectivity index is 0.00000280. The summed E-state index contributed by atoms with van der Waals surface area (Å²) in [5, 5.41) is 9.90. The van der Waals surface area contributed by atoms with Crippen molar-refractivity contribution in [2.45, 2.75) is 39.2 Å². The van der Waals surface area contributed by atoms with Gasteiger partial charge in [0, 0.05) is 17.7 Å². The first-order valence-corrected chi connectivity index (χ1v) is 9.17. The third-order valence-corrected chi connectivity index (χ3v) is 4.63. The molecule has 1 amide bonds. The Bertz CT molecular complexity index is 890. The molecule has 4 N–H and O–H groups in total. The third-order valence-electron chi connectivity index (χ3n) is 4.63. The monoisotopic (exact) mass is 399 g/mol. The van der Waals surface area contributed by atoms with Crippen LogP contribution in [0.15, 0.2) is 48.5 Å². The molecule has 3 aromatic rings. The van der Waals surface area contributed by atoms with Crippen molar-refractivity contribution in [1.82, 2.24) is 15.2 Å². The Hall–Kier alpha value is -2.70. The van der Waals surface area contributed by atoms with Gasteiger partial charge in [0.1, 0.15) is 5.82 Å². The Morgan fingerprint density at radius 3 is 2.39 bits per heavy atom. The van der Waals surface area contributed by atoms with Gasteiger partial charge in [-0.05, 0) is 49.1 Å². The Morgan fingerprint density at radius 1 is 1.14 bits per heavy atom. The van der Waals surface area contributed by atoms with E-state index in [1.807, 2.05) is 24.3 Å². The number of anilines is 1. The fourth-order valence-corrected chi connectivity index (χ4v) is 2.99. The number of amides is 1. The van der Waals surface area contributed by atoms with Crippen molar-refractivity contribution >= 4 is 24.0 Å². The molecule has 3 rings (SSSR count). The molecular weight excluding hydrogens is 374 g/mol. The lowest BCUT2D eigenvalue weighted by molar-refractivity contribution is -0.116. The second-order valence-electron chi connectivity index (χ2n) is 6.66. The van der Waals surface area contributed by atoms with E-state index in [4.69, 9.17) is 5.73 Å². The first-order valence-electron chi connectivity index (χ1n) is 9.17. The van der Waals surface area contributed by atoms with Gasteiger partial charge >= 0.3 is 0 Å². The van der Waals surface area contributed by atoms with E-state index in [0.717, 1.165) is 17.7 Å². The number of nitrogens with two attached hydrogens (primary N) is 1. The molecule has 7 heteroatoms. The summed E-state index contributed by atoms with van der Waals surface area (Å²) in [6.45, 7) is 4.50. The molecule has 2 aromatic carbocycles. The summed E-state index contributed by atoms with van der Waals surface area (Å²) < 4.78 is 0. The fraction of sp³-hybridized carbons (Fsp3) is 0.286. The van der Waals surface area contributed by atoms with Gasteiger partial charge in [-0.3, -0.25) is 9.89 Å². The van der Waals surface area contributed by atoms with Crippen molar-refractivity contribution in [1.29, 1.82) is 0 Å². The summed E-state index contributed by atoms with van der Waals surface area (Å²) >= 11 is 0. The van der Waals surface area contributed by atoms with Crippen LogP contribution in [0.5, 0.6) is 0 Å². The van der Waals surface area contributed by atoms with Crippen LogP contribution in [0.2, 0.25) is 0 Å².